The first-order valence-corrected chi connectivity index (χ1v) is 7.94. The molecule has 0 aliphatic carbocycles. The molecule has 0 bridgehead atoms. The summed E-state index contributed by atoms with van der Waals surface area (Å²) in [7, 11) is 1.64. The topological polar surface area (TPSA) is 53.6 Å². The lowest BCUT2D eigenvalue weighted by Gasteiger charge is -2.22. The Balaban J connectivity index is 2.00. The molecule has 0 radical (unpaired) electrons. The fraction of sp³-hybridized carbons (Fsp3) is 0.588. The predicted molar refractivity (Wildman–Crippen MR) is 87.6 cm³/mol. The number of rotatable bonds is 4. The number of nitrogens with zero attached hydrogens (tertiary/aromatic N) is 1. The Morgan fingerprint density at radius 3 is 3.05 bits per heavy atom. The summed E-state index contributed by atoms with van der Waals surface area (Å²) in [5, 5.41) is 6.41. The van der Waals surface area contributed by atoms with Crippen LogP contribution in [0.25, 0.3) is 0 Å². The number of carbonyl (C=O) groups is 1. The number of benzene rings is 1. The van der Waals surface area contributed by atoms with Gasteiger partial charge in [0.15, 0.2) is 0 Å². The molecule has 22 heavy (non-hydrogen) atoms. The number of anilines is 1. The molecule has 0 saturated carbocycles. The summed E-state index contributed by atoms with van der Waals surface area (Å²) in [6.07, 6.45) is 0. The van der Waals surface area contributed by atoms with Crippen LogP contribution in [0.2, 0.25) is 0 Å². The van der Waals surface area contributed by atoms with Crippen molar-refractivity contribution in [1.29, 1.82) is 0 Å². The zero-order valence-electron chi connectivity index (χ0n) is 13.7. The highest BCUT2D eigenvalue weighted by Gasteiger charge is 2.40. The molecule has 1 amide bonds. The second-order valence-electron chi connectivity index (χ2n) is 6.73. The van der Waals surface area contributed by atoms with E-state index in [0.717, 1.165) is 31.7 Å². The normalized spacial score (nSPS) is 18.8. The van der Waals surface area contributed by atoms with Crippen LogP contribution in [0.5, 0.6) is 0 Å². The molecule has 0 atom stereocenters. The number of hydrogen-bond acceptors (Lipinski definition) is 4. The first-order chi connectivity index (χ1) is 10.5. The van der Waals surface area contributed by atoms with Gasteiger partial charge in [-0.25, -0.2) is 0 Å². The third-order valence-electron chi connectivity index (χ3n) is 4.55. The highest BCUT2D eigenvalue weighted by Crippen LogP contribution is 2.45. The lowest BCUT2D eigenvalue weighted by Crippen LogP contribution is -2.33. The molecule has 0 unspecified atom stereocenters. The maximum absolute atomic E-state index is 12.6. The van der Waals surface area contributed by atoms with Gasteiger partial charge in [-0.2, -0.15) is 0 Å². The van der Waals surface area contributed by atoms with Gasteiger partial charge in [-0.15, -0.1) is 0 Å². The minimum absolute atomic E-state index is 0.00183. The van der Waals surface area contributed by atoms with Gasteiger partial charge < -0.3 is 20.3 Å². The maximum atomic E-state index is 12.6. The molecule has 1 aromatic carbocycles. The largest absolute Gasteiger partial charge is 0.383 e. The fourth-order valence-corrected chi connectivity index (χ4v) is 3.64. The van der Waals surface area contributed by atoms with Crippen LogP contribution in [0.3, 0.4) is 0 Å². The first kappa shape index (κ1) is 15.3. The van der Waals surface area contributed by atoms with Crippen molar-refractivity contribution in [2.24, 2.45) is 0 Å². The van der Waals surface area contributed by atoms with Crippen LogP contribution in [0.15, 0.2) is 12.1 Å². The summed E-state index contributed by atoms with van der Waals surface area (Å²) < 4.78 is 5.01. The summed E-state index contributed by atoms with van der Waals surface area (Å²) in [6, 6.07) is 4.07. The van der Waals surface area contributed by atoms with Gasteiger partial charge >= 0.3 is 0 Å². The average Bonchev–Trinajstić information content (AvgIpc) is 2.63. The van der Waals surface area contributed by atoms with Gasteiger partial charge in [0.05, 0.1) is 6.61 Å². The Kier molecular flexibility index (Phi) is 4.10. The van der Waals surface area contributed by atoms with E-state index < -0.39 is 0 Å². The third-order valence-corrected chi connectivity index (χ3v) is 4.55. The van der Waals surface area contributed by atoms with Crippen molar-refractivity contribution in [1.82, 2.24) is 10.6 Å². The summed E-state index contributed by atoms with van der Waals surface area (Å²) in [6.45, 7) is 9.37. The Bertz CT molecular complexity index is 584. The minimum atomic E-state index is -0.00336. The number of carbonyl (C=O) groups excluding carboxylic acids is 1. The van der Waals surface area contributed by atoms with Crippen molar-refractivity contribution in [3.63, 3.8) is 0 Å². The first-order valence-electron chi connectivity index (χ1n) is 7.94. The lowest BCUT2D eigenvalue weighted by atomic mass is 9.82. The van der Waals surface area contributed by atoms with Crippen molar-refractivity contribution in [2.45, 2.75) is 25.8 Å². The van der Waals surface area contributed by atoms with Gasteiger partial charge in [0.25, 0.3) is 5.91 Å². The molecule has 0 spiro atoms. The van der Waals surface area contributed by atoms with Crippen LogP contribution < -0.4 is 15.5 Å². The van der Waals surface area contributed by atoms with E-state index in [1.165, 1.54) is 16.8 Å². The Labute approximate surface area is 132 Å². The molecule has 120 valence electrons. The quantitative estimate of drug-likeness (QED) is 0.823. The van der Waals surface area contributed by atoms with Crippen LogP contribution in [0, 0.1) is 0 Å². The molecule has 2 N–H and O–H groups in total. The molecular formula is C17H25N3O2. The summed E-state index contributed by atoms with van der Waals surface area (Å²) in [5.41, 5.74) is 4.57. The standard InChI is InChI=1S/C17H25N3O2/c1-17(2)11-20-8-6-18-10-12-4-5-13(14(17)15(12)20)16(21)19-7-9-22-3/h4-5,18H,6-11H2,1-3H3,(H,19,21). The van der Waals surface area contributed by atoms with E-state index in [9.17, 15) is 4.79 Å². The van der Waals surface area contributed by atoms with Crippen LogP contribution in [-0.4, -0.2) is 45.8 Å². The molecule has 0 fully saturated rings. The number of amides is 1. The predicted octanol–water partition coefficient (Wildman–Crippen LogP) is 1.26. The molecule has 2 heterocycles. The zero-order chi connectivity index (χ0) is 15.7. The summed E-state index contributed by atoms with van der Waals surface area (Å²) >= 11 is 0. The number of methoxy groups -OCH3 is 1. The zero-order valence-corrected chi connectivity index (χ0v) is 13.7. The fourth-order valence-electron chi connectivity index (χ4n) is 3.64. The van der Waals surface area contributed by atoms with E-state index >= 15 is 0 Å². The van der Waals surface area contributed by atoms with Gasteiger partial charge in [0.2, 0.25) is 0 Å². The van der Waals surface area contributed by atoms with Gasteiger partial charge in [0, 0.05) is 56.5 Å². The smallest absolute Gasteiger partial charge is 0.251 e. The lowest BCUT2D eigenvalue weighted by molar-refractivity contribution is 0.0935. The molecule has 3 rings (SSSR count). The van der Waals surface area contributed by atoms with E-state index in [1.54, 1.807) is 7.11 Å². The van der Waals surface area contributed by atoms with E-state index in [4.69, 9.17) is 4.74 Å². The molecule has 5 heteroatoms. The highest BCUT2D eigenvalue weighted by molar-refractivity contribution is 5.98. The van der Waals surface area contributed by atoms with Gasteiger partial charge in [-0.3, -0.25) is 4.79 Å². The van der Waals surface area contributed by atoms with Crippen LogP contribution >= 0.6 is 0 Å². The van der Waals surface area contributed by atoms with Crippen molar-refractivity contribution in [3.8, 4) is 0 Å². The Hall–Kier alpha value is -1.59. The Morgan fingerprint density at radius 2 is 2.27 bits per heavy atom. The molecule has 0 aromatic heterocycles. The Morgan fingerprint density at radius 1 is 1.45 bits per heavy atom. The molecule has 1 aromatic rings. The highest BCUT2D eigenvalue weighted by atomic mass is 16.5. The molecule has 2 aliphatic heterocycles. The average molecular weight is 303 g/mol. The van der Waals surface area contributed by atoms with Crippen molar-refractivity contribution in [2.75, 3.05) is 44.8 Å². The van der Waals surface area contributed by atoms with E-state index in [-0.39, 0.29) is 11.3 Å². The van der Waals surface area contributed by atoms with Crippen molar-refractivity contribution >= 4 is 11.6 Å². The van der Waals surface area contributed by atoms with Crippen molar-refractivity contribution in [3.05, 3.63) is 28.8 Å². The van der Waals surface area contributed by atoms with E-state index in [2.05, 4.69) is 35.4 Å². The van der Waals surface area contributed by atoms with Gasteiger partial charge in [-0.05, 0) is 17.2 Å². The molecule has 2 aliphatic rings. The minimum Gasteiger partial charge on any atom is -0.383 e. The monoisotopic (exact) mass is 303 g/mol. The molecule has 0 saturated heterocycles. The van der Waals surface area contributed by atoms with Crippen LogP contribution in [-0.2, 0) is 16.7 Å². The molecule has 5 nitrogen and oxygen atoms in total. The second kappa shape index (κ2) is 5.89. The second-order valence-corrected chi connectivity index (χ2v) is 6.73. The summed E-state index contributed by atoms with van der Waals surface area (Å²) in [5.74, 6) is 0.00183. The van der Waals surface area contributed by atoms with Gasteiger partial charge in [-0.1, -0.05) is 19.9 Å². The number of ether oxygens (including phenoxy) is 1. The van der Waals surface area contributed by atoms with E-state index in [1.807, 2.05) is 6.07 Å². The summed E-state index contributed by atoms with van der Waals surface area (Å²) in [4.78, 5) is 15.0. The van der Waals surface area contributed by atoms with Crippen LogP contribution in [0.1, 0.15) is 35.3 Å². The van der Waals surface area contributed by atoms with Crippen molar-refractivity contribution < 1.29 is 9.53 Å². The third kappa shape index (κ3) is 2.59. The number of nitrogens with one attached hydrogen (secondary N) is 2. The SMILES string of the molecule is COCCNC(=O)c1ccc2c3c1C(C)(C)CN3CCNC2. The maximum Gasteiger partial charge on any atom is 0.251 e. The molecular weight excluding hydrogens is 278 g/mol. The van der Waals surface area contributed by atoms with Gasteiger partial charge in [0.1, 0.15) is 0 Å². The number of hydrogen-bond donors (Lipinski definition) is 2. The van der Waals surface area contributed by atoms with E-state index in [0.29, 0.717) is 13.2 Å². The van der Waals surface area contributed by atoms with Crippen LogP contribution in [0.4, 0.5) is 5.69 Å².